The van der Waals surface area contributed by atoms with Gasteiger partial charge in [0.2, 0.25) is 0 Å². The van der Waals surface area contributed by atoms with Gasteiger partial charge in [-0.05, 0) is 12.8 Å². The zero-order valence-electron chi connectivity index (χ0n) is 8.40. The number of ether oxygens (including phenoxy) is 2. The molecule has 2 aliphatic rings. The highest BCUT2D eigenvalue weighted by Gasteiger charge is 2.47. The lowest BCUT2D eigenvalue weighted by Crippen LogP contribution is -2.54. The van der Waals surface area contributed by atoms with Crippen molar-refractivity contribution in [1.29, 1.82) is 0 Å². The Balaban J connectivity index is 0.00000112. The molecule has 1 saturated heterocycles. The fraction of sp³-hybridized carbons (Fsp3) is 0.889. The number of nitrogens with two attached hydrogens (primary N) is 1. The molecule has 88 valence electrons. The van der Waals surface area contributed by atoms with Crippen molar-refractivity contribution in [2.24, 2.45) is 5.73 Å². The van der Waals surface area contributed by atoms with Crippen LogP contribution < -0.4 is 5.73 Å². The van der Waals surface area contributed by atoms with E-state index in [2.05, 4.69) is 0 Å². The normalized spacial score (nSPS) is 27.3. The van der Waals surface area contributed by atoms with E-state index >= 15 is 0 Å². The van der Waals surface area contributed by atoms with E-state index < -0.39 is 17.3 Å². The highest BCUT2D eigenvalue weighted by atomic mass is 35.5. The summed E-state index contributed by atoms with van der Waals surface area (Å²) in [6, 6.07) is 0. The number of carbonyl (C=O) groups is 1. The summed E-state index contributed by atoms with van der Waals surface area (Å²) in [6.45, 7) is 1.20. The summed E-state index contributed by atoms with van der Waals surface area (Å²) < 4.78 is 11.0. The third kappa shape index (κ3) is 2.25. The first-order chi connectivity index (χ1) is 6.56. The van der Waals surface area contributed by atoms with Gasteiger partial charge in [0, 0.05) is 12.8 Å². The first kappa shape index (κ1) is 12.7. The van der Waals surface area contributed by atoms with Crippen molar-refractivity contribution in [1.82, 2.24) is 0 Å². The highest BCUT2D eigenvalue weighted by Crippen LogP contribution is 2.39. The van der Waals surface area contributed by atoms with Crippen LogP contribution in [0, 0.1) is 0 Å². The van der Waals surface area contributed by atoms with Gasteiger partial charge in [-0.15, -0.1) is 12.4 Å². The van der Waals surface area contributed by atoms with Crippen molar-refractivity contribution in [3.8, 4) is 0 Å². The fourth-order valence-electron chi connectivity index (χ4n) is 2.08. The SMILES string of the molecule is Cl.NC1(C(=O)O)CCC2(CC1)OCCO2. The summed E-state index contributed by atoms with van der Waals surface area (Å²) >= 11 is 0. The van der Waals surface area contributed by atoms with E-state index in [1.54, 1.807) is 0 Å². The first-order valence-electron chi connectivity index (χ1n) is 4.87. The number of hydrogen-bond donors (Lipinski definition) is 2. The molecule has 3 N–H and O–H groups in total. The molecule has 1 aliphatic heterocycles. The Bertz CT molecular complexity index is 242. The average molecular weight is 238 g/mol. The van der Waals surface area contributed by atoms with Gasteiger partial charge in [-0.2, -0.15) is 0 Å². The van der Waals surface area contributed by atoms with Crippen molar-refractivity contribution in [2.45, 2.75) is 37.0 Å². The van der Waals surface area contributed by atoms with Crippen LogP contribution in [-0.4, -0.2) is 35.6 Å². The summed E-state index contributed by atoms with van der Waals surface area (Å²) in [5.74, 6) is -1.46. The van der Waals surface area contributed by atoms with Gasteiger partial charge in [-0.25, -0.2) is 0 Å². The van der Waals surface area contributed by atoms with Gasteiger partial charge in [0.25, 0.3) is 0 Å². The minimum Gasteiger partial charge on any atom is -0.480 e. The number of rotatable bonds is 1. The molecule has 0 aromatic carbocycles. The number of hydrogen-bond acceptors (Lipinski definition) is 4. The van der Waals surface area contributed by atoms with Gasteiger partial charge >= 0.3 is 5.97 Å². The smallest absolute Gasteiger partial charge is 0.323 e. The van der Waals surface area contributed by atoms with Crippen LogP contribution in [0.1, 0.15) is 25.7 Å². The van der Waals surface area contributed by atoms with E-state index in [1.807, 2.05) is 0 Å². The topological polar surface area (TPSA) is 81.8 Å². The lowest BCUT2D eigenvalue weighted by atomic mass is 9.79. The second kappa shape index (κ2) is 4.25. The number of carboxylic acid groups (broad SMARTS) is 1. The van der Waals surface area contributed by atoms with Gasteiger partial charge in [0.15, 0.2) is 5.79 Å². The van der Waals surface area contributed by atoms with Gasteiger partial charge in [0.1, 0.15) is 5.54 Å². The Morgan fingerprint density at radius 1 is 1.13 bits per heavy atom. The highest BCUT2D eigenvalue weighted by molar-refractivity contribution is 5.85. The Morgan fingerprint density at radius 3 is 2.00 bits per heavy atom. The molecule has 0 amide bonds. The maximum atomic E-state index is 10.9. The molecule has 0 radical (unpaired) electrons. The first-order valence-corrected chi connectivity index (χ1v) is 4.87. The predicted octanol–water partition coefficient (Wildman–Crippen LogP) is 0.507. The average Bonchev–Trinajstić information content (AvgIpc) is 2.60. The van der Waals surface area contributed by atoms with E-state index in [0.717, 1.165) is 0 Å². The molecule has 0 bridgehead atoms. The maximum Gasteiger partial charge on any atom is 0.323 e. The molecule has 15 heavy (non-hydrogen) atoms. The Kier molecular flexibility index (Phi) is 3.60. The quantitative estimate of drug-likeness (QED) is 0.694. The lowest BCUT2D eigenvalue weighted by Gasteiger charge is -2.38. The molecular weight excluding hydrogens is 222 g/mol. The summed E-state index contributed by atoms with van der Waals surface area (Å²) in [5.41, 5.74) is 4.66. The molecule has 1 heterocycles. The van der Waals surface area contributed by atoms with Crippen LogP contribution in [0.15, 0.2) is 0 Å². The molecule has 0 atom stereocenters. The van der Waals surface area contributed by atoms with Crippen LogP contribution in [0.5, 0.6) is 0 Å². The third-order valence-electron chi connectivity index (χ3n) is 3.14. The fourth-order valence-corrected chi connectivity index (χ4v) is 2.08. The van der Waals surface area contributed by atoms with E-state index in [0.29, 0.717) is 38.9 Å². The summed E-state index contributed by atoms with van der Waals surface area (Å²) in [5, 5.41) is 8.92. The molecule has 5 nitrogen and oxygen atoms in total. The standard InChI is InChI=1S/C9H15NO4.ClH/c10-8(7(11)12)1-3-9(4-2-8)13-5-6-14-9;/h1-6,10H2,(H,11,12);1H. The summed E-state index contributed by atoms with van der Waals surface area (Å²) in [4.78, 5) is 10.9. The van der Waals surface area contributed by atoms with Crippen molar-refractivity contribution in [3.63, 3.8) is 0 Å². The lowest BCUT2D eigenvalue weighted by molar-refractivity contribution is -0.188. The minimum absolute atomic E-state index is 0. The number of aliphatic carboxylic acids is 1. The number of halogens is 1. The zero-order valence-corrected chi connectivity index (χ0v) is 9.22. The summed E-state index contributed by atoms with van der Waals surface area (Å²) in [7, 11) is 0. The molecule has 1 spiro atoms. The van der Waals surface area contributed by atoms with Crippen molar-refractivity contribution >= 4 is 18.4 Å². The molecule has 1 aliphatic carbocycles. The van der Waals surface area contributed by atoms with Crippen LogP contribution in [0.2, 0.25) is 0 Å². The molecule has 1 saturated carbocycles. The van der Waals surface area contributed by atoms with Crippen molar-refractivity contribution < 1.29 is 19.4 Å². The van der Waals surface area contributed by atoms with Gasteiger partial charge < -0.3 is 20.3 Å². The van der Waals surface area contributed by atoms with E-state index in [4.69, 9.17) is 20.3 Å². The predicted molar refractivity (Wildman–Crippen MR) is 54.9 cm³/mol. The Hall–Kier alpha value is -0.360. The molecular formula is C9H16ClNO4. The maximum absolute atomic E-state index is 10.9. The van der Waals surface area contributed by atoms with Crippen LogP contribution in [-0.2, 0) is 14.3 Å². The largest absolute Gasteiger partial charge is 0.480 e. The molecule has 6 heteroatoms. The summed E-state index contributed by atoms with van der Waals surface area (Å²) in [6.07, 6.45) is 2.00. The Labute approximate surface area is 94.3 Å². The van der Waals surface area contributed by atoms with Gasteiger partial charge in [-0.3, -0.25) is 4.79 Å². The second-order valence-corrected chi connectivity index (χ2v) is 4.07. The second-order valence-electron chi connectivity index (χ2n) is 4.07. The van der Waals surface area contributed by atoms with E-state index in [-0.39, 0.29) is 12.4 Å². The third-order valence-corrected chi connectivity index (χ3v) is 3.14. The van der Waals surface area contributed by atoms with E-state index in [1.165, 1.54) is 0 Å². The van der Waals surface area contributed by atoms with Gasteiger partial charge in [0.05, 0.1) is 13.2 Å². The Morgan fingerprint density at radius 2 is 1.60 bits per heavy atom. The minimum atomic E-state index is -1.08. The molecule has 0 aromatic rings. The monoisotopic (exact) mass is 237 g/mol. The number of carboxylic acids is 1. The molecule has 0 unspecified atom stereocenters. The van der Waals surface area contributed by atoms with Crippen LogP contribution in [0.3, 0.4) is 0 Å². The van der Waals surface area contributed by atoms with Crippen molar-refractivity contribution in [3.05, 3.63) is 0 Å². The van der Waals surface area contributed by atoms with Crippen molar-refractivity contribution in [2.75, 3.05) is 13.2 Å². The van der Waals surface area contributed by atoms with Gasteiger partial charge in [-0.1, -0.05) is 0 Å². The van der Waals surface area contributed by atoms with E-state index in [9.17, 15) is 4.79 Å². The van der Waals surface area contributed by atoms with Crippen LogP contribution in [0.25, 0.3) is 0 Å². The molecule has 2 fully saturated rings. The zero-order chi connectivity index (χ0) is 10.2. The van der Waals surface area contributed by atoms with Crippen LogP contribution >= 0.6 is 12.4 Å². The molecule has 2 rings (SSSR count). The van der Waals surface area contributed by atoms with Crippen LogP contribution in [0.4, 0.5) is 0 Å². The molecule has 0 aromatic heterocycles.